The molecule has 0 atom stereocenters. The number of para-hydroxylation sites is 2. The Bertz CT molecular complexity index is 761. The Labute approximate surface area is 162 Å². The third kappa shape index (κ3) is 7.67. The Morgan fingerprint density at radius 2 is 1.63 bits per heavy atom. The number of Topliss-reactive ketones (excluding diaryl/α,β-unsaturated/α-hetero) is 1. The average molecular weight is 367 g/mol. The molecule has 0 radical (unpaired) electrons. The maximum atomic E-state index is 12.0. The van der Waals surface area contributed by atoms with Gasteiger partial charge in [-0.15, -0.1) is 0 Å². The van der Waals surface area contributed by atoms with Gasteiger partial charge in [0.15, 0.2) is 23.0 Å². The molecule has 0 amide bonds. The second kappa shape index (κ2) is 9.93. The van der Waals surface area contributed by atoms with Crippen LogP contribution in [0, 0.1) is 0 Å². The molecule has 0 aliphatic heterocycles. The highest BCUT2D eigenvalue weighted by atomic mass is 16.5. The molecule has 0 saturated heterocycles. The molecule has 0 aliphatic rings. The second-order valence-electron chi connectivity index (χ2n) is 7.40. The van der Waals surface area contributed by atoms with Crippen LogP contribution in [0.2, 0.25) is 0 Å². The van der Waals surface area contributed by atoms with Crippen LogP contribution in [0.3, 0.4) is 0 Å². The smallest absolute Gasteiger partial charge is 0.194 e. The van der Waals surface area contributed by atoms with Crippen molar-refractivity contribution in [1.82, 2.24) is 5.32 Å². The van der Waals surface area contributed by atoms with Crippen molar-refractivity contribution in [3.63, 3.8) is 0 Å². The van der Waals surface area contributed by atoms with E-state index in [1.54, 1.807) is 6.08 Å². The maximum absolute atomic E-state index is 12.0. The lowest BCUT2D eigenvalue weighted by Gasteiger charge is -2.20. The number of hydrogen-bond donors (Lipinski definition) is 1. The van der Waals surface area contributed by atoms with Crippen molar-refractivity contribution in [2.45, 2.75) is 39.7 Å². The molecule has 2 rings (SSSR count). The topological polar surface area (TPSA) is 47.6 Å². The first kappa shape index (κ1) is 20.7. The molecule has 0 fully saturated rings. The van der Waals surface area contributed by atoms with Crippen LogP contribution in [0.4, 0.5) is 0 Å². The molecule has 0 aliphatic carbocycles. The number of ether oxygens (including phenoxy) is 2. The summed E-state index contributed by atoms with van der Waals surface area (Å²) in [5, 5.41) is 3.43. The van der Waals surface area contributed by atoms with Gasteiger partial charge in [-0.2, -0.15) is 0 Å². The molecule has 1 N–H and O–H groups in total. The van der Waals surface area contributed by atoms with Crippen LogP contribution in [0.15, 0.2) is 60.4 Å². The van der Waals surface area contributed by atoms with E-state index >= 15 is 0 Å². The first-order chi connectivity index (χ1) is 12.8. The number of rotatable bonds is 9. The van der Waals surface area contributed by atoms with Gasteiger partial charge in [0.05, 0.1) is 6.61 Å². The number of allylic oxidation sites excluding steroid dienone is 1. The molecule has 2 aromatic rings. The van der Waals surface area contributed by atoms with Crippen molar-refractivity contribution in [1.29, 1.82) is 0 Å². The summed E-state index contributed by atoms with van der Waals surface area (Å²) in [4.78, 5) is 12.0. The Morgan fingerprint density at radius 1 is 1.00 bits per heavy atom. The molecule has 4 nitrogen and oxygen atoms in total. The molecular weight excluding hydrogens is 338 g/mol. The van der Waals surface area contributed by atoms with Gasteiger partial charge in [0.2, 0.25) is 0 Å². The van der Waals surface area contributed by atoms with E-state index in [0.29, 0.717) is 18.1 Å². The third-order valence-corrected chi connectivity index (χ3v) is 3.75. The van der Waals surface area contributed by atoms with Gasteiger partial charge < -0.3 is 14.8 Å². The number of carbonyl (C=O) groups excluding carboxylic acids is 1. The third-order valence-electron chi connectivity index (χ3n) is 3.75. The fraction of sp³-hybridized carbons (Fsp3) is 0.348. The van der Waals surface area contributed by atoms with E-state index < -0.39 is 0 Å². The summed E-state index contributed by atoms with van der Waals surface area (Å²) in [6.45, 7) is 9.36. The zero-order valence-electron chi connectivity index (χ0n) is 16.6. The maximum Gasteiger partial charge on any atom is 0.194 e. The zero-order valence-corrected chi connectivity index (χ0v) is 16.6. The van der Waals surface area contributed by atoms with Crippen molar-refractivity contribution >= 4 is 11.9 Å². The van der Waals surface area contributed by atoms with E-state index in [1.807, 2.05) is 54.6 Å². The lowest BCUT2D eigenvalue weighted by Crippen LogP contribution is -2.36. The Morgan fingerprint density at radius 3 is 2.26 bits per heavy atom. The monoisotopic (exact) mass is 367 g/mol. The van der Waals surface area contributed by atoms with Crippen molar-refractivity contribution in [3.8, 4) is 11.5 Å². The minimum absolute atomic E-state index is 0.0969. The molecular formula is C23H29NO3. The van der Waals surface area contributed by atoms with Gasteiger partial charge >= 0.3 is 0 Å². The lowest BCUT2D eigenvalue weighted by atomic mass is 10.1. The molecule has 2 aromatic carbocycles. The first-order valence-electron chi connectivity index (χ1n) is 9.27. The minimum Gasteiger partial charge on any atom is -0.490 e. The summed E-state index contributed by atoms with van der Waals surface area (Å²) in [5.41, 5.74) is 1.01. The van der Waals surface area contributed by atoms with Gasteiger partial charge in [0, 0.05) is 12.5 Å². The number of hydrogen-bond acceptors (Lipinski definition) is 4. The molecule has 144 valence electrons. The van der Waals surface area contributed by atoms with Crippen LogP contribution in [-0.4, -0.2) is 24.5 Å². The summed E-state index contributed by atoms with van der Waals surface area (Å²) in [6.07, 6.45) is 2.62. The lowest BCUT2D eigenvalue weighted by molar-refractivity contribution is -0.115. The van der Waals surface area contributed by atoms with Crippen LogP contribution in [0.1, 0.15) is 39.7 Å². The highest BCUT2D eigenvalue weighted by Gasteiger charge is 2.12. The van der Waals surface area contributed by atoms with Gasteiger partial charge in [-0.3, -0.25) is 4.79 Å². The van der Waals surface area contributed by atoms with Crippen molar-refractivity contribution in [2.24, 2.45) is 0 Å². The van der Waals surface area contributed by atoms with E-state index in [1.165, 1.54) is 6.92 Å². The molecule has 0 saturated carbocycles. The summed E-state index contributed by atoms with van der Waals surface area (Å²) in [6, 6.07) is 17.1. The second-order valence-corrected chi connectivity index (χ2v) is 7.40. The van der Waals surface area contributed by atoms with Gasteiger partial charge in [-0.25, -0.2) is 0 Å². The van der Waals surface area contributed by atoms with E-state index in [0.717, 1.165) is 18.5 Å². The minimum atomic E-state index is -0.136. The summed E-state index contributed by atoms with van der Waals surface area (Å²) in [7, 11) is 0. The SMILES string of the molecule is CC(=O)/C(=C/c1ccccc1)Oc1ccccc1OCCCNC(C)(C)C. The highest BCUT2D eigenvalue weighted by Crippen LogP contribution is 2.29. The van der Waals surface area contributed by atoms with Gasteiger partial charge in [0.1, 0.15) is 0 Å². The number of benzene rings is 2. The van der Waals surface area contributed by atoms with Crippen LogP contribution in [-0.2, 0) is 4.79 Å². The van der Waals surface area contributed by atoms with Crippen LogP contribution in [0.25, 0.3) is 6.08 Å². The predicted molar refractivity (Wildman–Crippen MR) is 110 cm³/mol. The van der Waals surface area contributed by atoms with Crippen molar-refractivity contribution in [2.75, 3.05) is 13.2 Å². The van der Waals surface area contributed by atoms with Gasteiger partial charge in [-0.1, -0.05) is 42.5 Å². The van der Waals surface area contributed by atoms with Crippen molar-refractivity contribution in [3.05, 3.63) is 65.9 Å². The Balaban J connectivity index is 2.03. The van der Waals surface area contributed by atoms with Crippen LogP contribution in [0.5, 0.6) is 11.5 Å². The number of nitrogens with one attached hydrogen (secondary N) is 1. The van der Waals surface area contributed by atoms with Crippen LogP contribution < -0.4 is 14.8 Å². The van der Waals surface area contributed by atoms with Crippen LogP contribution >= 0.6 is 0 Å². The number of ketones is 1. The first-order valence-corrected chi connectivity index (χ1v) is 9.27. The van der Waals surface area contributed by atoms with Crippen molar-refractivity contribution < 1.29 is 14.3 Å². The Kier molecular flexibility index (Phi) is 7.62. The molecule has 0 bridgehead atoms. The summed E-state index contributed by atoms with van der Waals surface area (Å²) in [5.74, 6) is 1.32. The van der Waals surface area contributed by atoms with E-state index in [-0.39, 0.29) is 17.1 Å². The molecule has 27 heavy (non-hydrogen) atoms. The fourth-order valence-electron chi connectivity index (χ4n) is 2.39. The van der Waals surface area contributed by atoms with Gasteiger partial charge in [0.25, 0.3) is 0 Å². The predicted octanol–water partition coefficient (Wildman–Crippen LogP) is 4.85. The van der Waals surface area contributed by atoms with E-state index in [9.17, 15) is 4.79 Å². The molecule has 0 heterocycles. The normalized spacial score (nSPS) is 11.9. The molecule has 0 aromatic heterocycles. The Hall–Kier alpha value is -2.59. The molecule has 4 heteroatoms. The van der Waals surface area contributed by atoms with E-state index in [4.69, 9.17) is 9.47 Å². The number of carbonyl (C=O) groups is 1. The highest BCUT2D eigenvalue weighted by molar-refractivity contribution is 5.96. The largest absolute Gasteiger partial charge is 0.490 e. The standard InChI is InChI=1S/C23H29NO3/c1-18(25)22(17-19-11-6-5-7-12-19)27-21-14-9-8-13-20(21)26-16-10-15-24-23(2,3)4/h5-9,11-14,17,24H,10,15-16H2,1-4H3/b22-17-. The zero-order chi connectivity index (χ0) is 19.7. The fourth-order valence-corrected chi connectivity index (χ4v) is 2.39. The van der Waals surface area contributed by atoms with Gasteiger partial charge in [-0.05, 0) is 57.5 Å². The molecule has 0 spiro atoms. The summed E-state index contributed by atoms with van der Waals surface area (Å²) >= 11 is 0. The quantitative estimate of drug-likeness (QED) is 0.391. The average Bonchev–Trinajstić information content (AvgIpc) is 2.62. The van der Waals surface area contributed by atoms with E-state index in [2.05, 4.69) is 26.1 Å². The molecule has 0 unspecified atom stereocenters. The summed E-state index contributed by atoms with van der Waals surface area (Å²) < 4.78 is 11.8.